The van der Waals surface area contributed by atoms with Crippen molar-refractivity contribution in [3.05, 3.63) is 78.7 Å². The van der Waals surface area contributed by atoms with Gasteiger partial charge in [-0.3, -0.25) is 9.98 Å². The summed E-state index contributed by atoms with van der Waals surface area (Å²) in [5.41, 5.74) is 4.62. The highest BCUT2D eigenvalue weighted by Gasteiger charge is 2.09. The van der Waals surface area contributed by atoms with E-state index in [0.29, 0.717) is 6.54 Å². The number of allylic oxidation sites excluding steroid dienone is 1. The fraction of sp³-hybridized carbons (Fsp3) is 0.150. The van der Waals surface area contributed by atoms with Gasteiger partial charge in [0.05, 0.1) is 5.69 Å². The number of hydrogen-bond donors (Lipinski definition) is 1. The third-order valence-electron chi connectivity index (χ3n) is 3.80. The van der Waals surface area contributed by atoms with Crippen LogP contribution in [0.3, 0.4) is 0 Å². The predicted octanol–water partition coefficient (Wildman–Crippen LogP) is 3.58. The molecule has 0 spiro atoms. The van der Waals surface area contributed by atoms with Gasteiger partial charge in [-0.2, -0.15) is 0 Å². The molecule has 0 amide bonds. The lowest BCUT2D eigenvalue weighted by atomic mass is 10.1. The van der Waals surface area contributed by atoms with Crippen LogP contribution >= 0.6 is 0 Å². The van der Waals surface area contributed by atoms with Crippen molar-refractivity contribution in [2.24, 2.45) is 4.99 Å². The Kier molecular flexibility index (Phi) is 5.04. The molecule has 0 aliphatic heterocycles. The number of anilines is 1. The summed E-state index contributed by atoms with van der Waals surface area (Å²) in [6.45, 7) is 6.64. The maximum atomic E-state index is 4.78. The van der Waals surface area contributed by atoms with Crippen molar-refractivity contribution in [3.63, 3.8) is 0 Å². The average Bonchev–Trinajstić information content (AvgIpc) is 2.67. The van der Waals surface area contributed by atoms with Gasteiger partial charge in [-0.1, -0.05) is 43.0 Å². The quantitative estimate of drug-likeness (QED) is 0.777. The zero-order valence-electron chi connectivity index (χ0n) is 14.5. The van der Waals surface area contributed by atoms with Crippen LogP contribution in [-0.2, 0) is 6.54 Å². The zero-order valence-corrected chi connectivity index (χ0v) is 14.5. The van der Waals surface area contributed by atoms with Crippen molar-refractivity contribution >= 4 is 11.5 Å². The Balaban J connectivity index is 2.06. The van der Waals surface area contributed by atoms with Gasteiger partial charge in [0.1, 0.15) is 0 Å². The second-order valence-corrected chi connectivity index (χ2v) is 5.71. The molecule has 0 aliphatic carbocycles. The van der Waals surface area contributed by atoms with Gasteiger partial charge in [0, 0.05) is 43.4 Å². The number of hydrogen-bond acceptors (Lipinski definition) is 4. The number of benzene rings is 1. The second-order valence-electron chi connectivity index (χ2n) is 5.71. The van der Waals surface area contributed by atoms with E-state index in [4.69, 9.17) is 4.98 Å². The average molecular weight is 331 g/mol. The van der Waals surface area contributed by atoms with Crippen LogP contribution in [0.4, 0.5) is 5.82 Å². The fourth-order valence-electron chi connectivity index (χ4n) is 2.56. The Morgan fingerprint density at radius 1 is 1.20 bits per heavy atom. The molecule has 0 radical (unpaired) electrons. The molecule has 0 fully saturated rings. The monoisotopic (exact) mass is 331 g/mol. The van der Waals surface area contributed by atoms with E-state index in [9.17, 15) is 0 Å². The van der Waals surface area contributed by atoms with Crippen LogP contribution in [0.5, 0.6) is 0 Å². The number of nitrogens with one attached hydrogen (secondary N) is 1. The Morgan fingerprint density at radius 2 is 2.00 bits per heavy atom. The lowest BCUT2D eigenvalue weighted by Crippen LogP contribution is -2.25. The Bertz CT molecular complexity index is 927. The molecule has 5 heteroatoms. The molecule has 3 aromatic rings. The van der Waals surface area contributed by atoms with Crippen LogP contribution in [0, 0.1) is 0 Å². The van der Waals surface area contributed by atoms with Gasteiger partial charge in [-0.25, -0.2) is 4.98 Å². The largest absolute Gasteiger partial charge is 0.363 e. The van der Waals surface area contributed by atoms with Crippen LogP contribution in [-0.4, -0.2) is 21.6 Å². The molecule has 0 bridgehead atoms. The van der Waals surface area contributed by atoms with Gasteiger partial charge >= 0.3 is 0 Å². The molecule has 0 saturated heterocycles. The van der Waals surface area contributed by atoms with Crippen LogP contribution in [0.2, 0.25) is 0 Å². The van der Waals surface area contributed by atoms with Crippen molar-refractivity contribution in [1.82, 2.24) is 14.5 Å². The summed E-state index contributed by atoms with van der Waals surface area (Å²) >= 11 is 0. The smallest absolute Gasteiger partial charge is 0.175 e. The van der Waals surface area contributed by atoms with Crippen LogP contribution in [0.15, 0.2) is 72.6 Å². The number of nitrogens with zero attached hydrogens (tertiary/aromatic N) is 4. The first-order valence-electron chi connectivity index (χ1n) is 8.09. The number of aromatic nitrogens is 3. The van der Waals surface area contributed by atoms with Crippen molar-refractivity contribution in [3.8, 4) is 11.3 Å². The standard InChI is InChI=1S/C20H21N5/c1-15(2)25-14-18(17-9-5-4-6-10-17)24-19(20(25)21-3)23-13-16-8-7-11-22-12-16/h4-12,14H,1,13H2,2-3H3,(H,23,24). The Hall–Kier alpha value is -3.21. The van der Waals surface area contributed by atoms with Crippen LogP contribution in [0.25, 0.3) is 17.0 Å². The first-order valence-corrected chi connectivity index (χ1v) is 8.09. The topological polar surface area (TPSA) is 55.1 Å². The van der Waals surface area contributed by atoms with E-state index in [1.807, 2.05) is 66.3 Å². The lowest BCUT2D eigenvalue weighted by Gasteiger charge is -2.14. The van der Waals surface area contributed by atoms with E-state index in [-0.39, 0.29) is 0 Å². The normalized spacial score (nSPS) is 11.4. The van der Waals surface area contributed by atoms with E-state index in [2.05, 4.69) is 21.9 Å². The molecule has 1 N–H and O–H groups in total. The molecule has 5 nitrogen and oxygen atoms in total. The highest BCUT2D eigenvalue weighted by Crippen LogP contribution is 2.18. The summed E-state index contributed by atoms with van der Waals surface area (Å²) < 4.78 is 1.96. The first-order chi connectivity index (χ1) is 12.2. The van der Waals surface area contributed by atoms with Crippen molar-refractivity contribution < 1.29 is 0 Å². The van der Waals surface area contributed by atoms with E-state index < -0.39 is 0 Å². The lowest BCUT2D eigenvalue weighted by molar-refractivity contribution is 0.918. The molecule has 0 saturated carbocycles. The SMILES string of the molecule is C=C(C)n1cc(-c2ccccc2)nc(NCc2cccnc2)c1=NC. The molecule has 2 aromatic heterocycles. The van der Waals surface area contributed by atoms with Gasteiger partial charge in [-0.05, 0) is 18.6 Å². The fourth-order valence-corrected chi connectivity index (χ4v) is 2.56. The maximum Gasteiger partial charge on any atom is 0.175 e. The van der Waals surface area contributed by atoms with Gasteiger partial charge in [0.25, 0.3) is 0 Å². The van der Waals surface area contributed by atoms with E-state index in [1.165, 1.54) is 0 Å². The zero-order chi connectivity index (χ0) is 17.6. The summed E-state index contributed by atoms with van der Waals surface area (Å²) in [7, 11) is 1.76. The Labute approximate surface area is 147 Å². The maximum absolute atomic E-state index is 4.78. The minimum atomic E-state index is 0.623. The van der Waals surface area contributed by atoms with E-state index in [1.54, 1.807) is 13.2 Å². The molecule has 0 aliphatic rings. The molecule has 0 atom stereocenters. The summed E-state index contributed by atoms with van der Waals surface area (Å²) in [5.74, 6) is 0.718. The first kappa shape index (κ1) is 16.6. The third-order valence-corrected chi connectivity index (χ3v) is 3.80. The van der Waals surface area contributed by atoms with Gasteiger partial charge in [0.2, 0.25) is 0 Å². The van der Waals surface area contributed by atoms with E-state index >= 15 is 0 Å². The number of pyridine rings is 1. The van der Waals surface area contributed by atoms with Crippen molar-refractivity contribution in [1.29, 1.82) is 0 Å². The predicted molar refractivity (Wildman–Crippen MR) is 102 cm³/mol. The molecule has 126 valence electrons. The molecule has 25 heavy (non-hydrogen) atoms. The molecular formula is C20H21N5. The Morgan fingerprint density at radius 3 is 2.64 bits per heavy atom. The summed E-state index contributed by atoms with van der Waals surface area (Å²) in [6, 6.07) is 14.0. The molecule has 0 unspecified atom stereocenters. The molecule has 1 aromatic carbocycles. The minimum absolute atomic E-state index is 0.623. The van der Waals surface area contributed by atoms with E-state index in [0.717, 1.165) is 33.8 Å². The molecule has 2 heterocycles. The van der Waals surface area contributed by atoms with Crippen LogP contribution in [0.1, 0.15) is 12.5 Å². The molecule has 3 rings (SSSR count). The van der Waals surface area contributed by atoms with Gasteiger partial charge < -0.3 is 9.88 Å². The second kappa shape index (κ2) is 7.57. The van der Waals surface area contributed by atoms with Crippen LogP contribution < -0.4 is 10.8 Å². The van der Waals surface area contributed by atoms with Crippen molar-refractivity contribution in [2.45, 2.75) is 13.5 Å². The minimum Gasteiger partial charge on any atom is -0.363 e. The number of rotatable bonds is 5. The van der Waals surface area contributed by atoms with Crippen molar-refractivity contribution in [2.75, 3.05) is 12.4 Å². The third kappa shape index (κ3) is 3.83. The summed E-state index contributed by atoms with van der Waals surface area (Å²) in [5, 5.41) is 3.38. The molecular weight excluding hydrogens is 310 g/mol. The highest BCUT2D eigenvalue weighted by molar-refractivity contribution is 5.61. The van der Waals surface area contributed by atoms with Gasteiger partial charge in [0.15, 0.2) is 11.3 Å². The van der Waals surface area contributed by atoms with Gasteiger partial charge in [-0.15, -0.1) is 0 Å². The highest BCUT2D eigenvalue weighted by atomic mass is 15.1. The summed E-state index contributed by atoms with van der Waals surface area (Å²) in [6.07, 6.45) is 5.57. The summed E-state index contributed by atoms with van der Waals surface area (Å²) in [4.78, 5) is 13.3.